The fraction of sp³-hybridized carbons (Fsp3) is 0.647. The Morgan fingerprint density at radius 1 is 1.33 bits per heavy atom. The second kappa shape index (κ2) is 8.38. The molecule has 4 heteroatoms. The van der Waals surface area contributed by atoms with Crippen LogP contribution in [-0.4, -0.2) is 29.1 Å². The number of nitrogens with zero attached hydrogens (tertiary/aromatic N) is 1. The molecule has 1 fully saturated rings. The Hall–Kier alpha value is -0.280. The third kappa shape index (κ3) is 4.59. The van der Waals surface area contributed by atoms with Crippen molar-refractivity contribution in [2.24, 2.45) is 0 Å². The van der Waals surface area contributed by atoms with Gasteiger partial charge in [0.25, 0.3) is 0 Å². The van der Waals surface area contributed by atoms with Crippen LogP contribution >= 0.6 is 23.2 Å². The van der Waals surface area contributed by atoms with Gasteiger partial charge in [0.05, 0.1) is 16.1 Å². The Kier molecular flexibility index (Phi) is 6.81. The molecule has 118 valence electrons. The molecule has 2 atom stereocenters. The Balaban J connectivity index is 1.93. The van der Waals surface area contributed by atoms with Gasteiger partial charge in [0.15, 0.2) is 0 Å². The number of aliphatic hydroxyl groups excluding tert-OH is 1. The number of likely N-dealkylation sites (tertiary alicyclic amines) is 1. The lowest BCUT2D eigenvalue weighted by molar-refractivity contribution is 0.0988. The van der Waals surface area contributed by atoms with Gasteiger partial charge in [0.2, 0.25) is 0 Å². The highest BCUT2D eigenvalue weighted by molar-refractivity contribution is 6.42. The molecule has 1 aromatic rings. The van der Waals surface area contributed by atoms with Crippen LogP contribution in [0.4, 0.5) is 0 Å². The van der Waals surface area contributed by atoms with Gasteiger partial charge in [0, 0.05) is 18.2 Å². The summed E-state index contributed by atoms with van der Waals surface area (Å²) in [4.78, 5) is 2.54. The monoisotopic (exact) mass is 329 g/mol. The average molecular weight is 330 g/mol. The molecule has 1 aromatic carbocycles. The molecule has 1 N–H and O–H groups in total. The van der Waals surface area contributed by atoms with Gasteiger partial charge in [-0.15, -0.1) is 0 Å². The molecule has 1 aliphatic rings. The molecule has 0 spiro atoms. The van der Waals surface area contributed by atoms with Crippen LogP contribution < -0.4 is 0 Å². The Labute approximate surface area is 138 Å². The first-order valence-corrected chi connectivity index (χ1v) is 8.75. The zero-order valence-electron chi connectivity index (χ0n) is 12.7. The maximum absolute atomic E-state index is 10.4. The molecule has 0 amide bonds. The van der Waals surface area contributed by atoms with Gasteiger partial charge in [-0.1, -0.05) is 55.1 Å². The van der Waals surface area contributed by atoms with Crippen molar-refractivity contribution in [2.45, 2.75) is 57.6 Å². The first-order valence-electron chi connectivity index (χ1n) is 7.99. The number of hydrogen-bond donors (Lipinski definition) is 1. The lowest BCUT2D eigenvalue weighted by Crippen LogP contribution is -2.40. The summed E-state index contributed by atoms with van der Waals surface area (Å²) in [5.41, 5.74) is 0.744. The Bertz CT molecular complexity index is 450. The minimum Gasteiger partial charge on any atom is -0.388 e. The maximum Gasteiger partial charge on any atom is 0.0817 e. The number of halogens is 2. The number of aliphatic hydroxyl groups is 1. The van der Waals surface area contributed by atoms with Gasteiger partial charge in [-0.25, -0.2) is 0 Å². The van der Waals surface area contributed by atoms with E-state index in [-0.39, 0.29) is 0 Å². The van der Waals surface area contributed by atoms with Crippen LogP contribution in [0, 0.1) is 0 Å². The second-order valence-corrected chi connectivity index (χ2v) is 6.71. The molecule has 2 rings (SSSR count). The van der Waals surface area contributed by atoms with Crippen LogP contribution in [0.3, 0.4) is 0 Å². The predicted molar refractivity (Wildman–Crippen MR) is 90.2 cm³/mol. The van der Waals surface area contributed by atoms with Gasteiger partial charge < -0.3 is 10.0 Å². The van der Waals surface area contributed by atoms with Crippen LogP contribution in [0.25, 0.3) is 0 Å². The topological polar surface area (TPSA) is 23.5 Å². The van der Waals surface area contributed by atoms with E-state index in [0.717, 1.165) is 18.7 Å². The van der Waals surface area contributed by atoms with E-state index in [1.165, 1.54) is 32.1 Å². The van der Waals surface area contributed by atoms with Crippen molar-refractivity contribution in [3.63, 3.8) is 0 Å². The van der Waals surface area contributed by atoms with Crippen LogP contribution in [0.5, 0.6) is 0 Å². The smallest absolute Gasteiger partial charge is 0.0817 e. The Morgan fingerprint density at radius 3 is 2.90 bits per heavy atom. The van der Waals surface area contributed by atoms with Crippen molar-refractivity contribution >= 4 is 23.2 Å². The summed E-state index contributed by atoms with van der Waals surface area (Å²) in [6.07, 6.45) is 6.55. The molecule has 0 bridgehead atoms. The molecule has 0 radical (unpaired) electrons. The molecular formula is C17H25Cl2NO. The van der Waals surface area contributed by atoms with E-state index < -0.39 is 6.10 Å². The van der Waals surface area contributed by atoms with Crippen LogP contribution in [-0.2, 0) is 0 Å². The summed E-state index contributed by atoms with van der Waals surface area (Å²) >= 11 is 12.2. The van der Waals surface area contributed by atoms with Gasteiger partial charge in [-0.3, -0.25) is 0 Å². The van der Waals surface area contributed by atoms with Crippen molar-refractivity contribution in [3.8, 4) is 0 Å². The summed E-state index contributed by atoms with van der Waals surface area (Å²) in [5.74, 6) is 0. The fourth-order valence-corrected chi connectivity index (χ4v) is 3.67. The van der Waals surface area contributed by atoms with Gasteiger partial charge in [-0.05, 0) is 38.3 Å². The van der Waals surface area contributed by atoms with Crippen molar-refractivity contribution in [2.75, 3.05) is 13.1 Å². The first-order chi connectivity index (χ1) is 10.1. The summed E-state index contributed by atoms with van der Waals surface area (Å²) in [5, 5.41) is 11.4. The lowest BCUT2D eigenvalue weighted by Gasteiger charge is -2.36. The molecule has 2 nitrogen and oxygen atoms in total. The van der Waals surface area contributed by atoms with E-state index >= 15 is 0 Å². The average Bonchev–Trinajstić information content (AvgIpc) is 2.49. The van der Waals surface area contributed by atoms with Crippen molar-refractivity contribution in [1.82, 2.24) is 4.90 Å². The van der Waals surface area contributed by atoms with E-state index in [1.807, 2.05) is 12.1 Å². The normalized spacial score (nSPS) is 21.4. The number of hydrogen-bond acceptors (Lipinski definition) is 2. The highest BCUT2D eigenvalue weighted by Gasteiger charge is 2.22. The second-order valence-electron chi connectivity index (χ2n) is 5.92. The molecule has 1 saturated heterocycles. The van der Waals surface area contributed by atoms with Crippen molar-refractivity contribution in [3.05, 3.63) is 33.8 Å². The molecule has 0 aromatic heterocycles. The van der Waals surface area contributed by atoms with E-state index in [4.69, 9.17) is 23.2 Å². The minimum absolute atomic E-state index is 0.482. The van der Waals surface area contributed by atoms with Gasteiger partial charge in [0.1, 0.15) is 0 Å². The van der Waals surface area contributed by atoms with E-state index in [1.54, 1.807) is 6.07 Å². The number of piperidine rings is 1. The van der Waals surface area contributed by atoms with Crippen molar-refractivity contribution in [1.29, 1.82) is 0 Å². The standard InChI is InChI=1S/C17H25Cl2NO/c1-2-6-13-7-3-4-11-20(13)12-10-16(21)14-8-5-9-15(18)17(14)19/h5,8-9,13,16,21H,2-4,6-7,10-12H2,1H3. The molecule has 1 heterocycles. The third-order valence-electron chi connectivity index (χ3n) is 4.40. The first kappa shape index (κ1) is 17.1. The molecule has 0 aliphatic carbocycles. The number of benzene rings is 1. The fourth-order valence-electron chi connectivity index (χ4n) is 3.24. The van der Waals surface area contributed by atoms with Gasteiger partial charge >= 0.3 is 0 Å². The largest absolute Gasteiger partial charge is 0.388 e. The molecular weight excluding hydrogens is 305 g/mol. The zero-order valence-corrected chi connectivity index (χ0v) is 14.2. The summed E-state index contributed by atoms with van der Waals surface area (Å²) < 4.78 is 0. The molecule has 0 saturated carbocycles. The third-order valence-corrected chi connectivity index (χ3v) is 5.23. The quantitative estimate of drug-likeness (QED) is 0.787. The van der Waals surface area contributed by atoms with Crippen LogP contribution in [0.1, 0.15) is 57.1 Å². The molecule has 1 aliphatic heterocycles. The van der Waals surface area contributed by atoms with Gasteiger partial charge in [-0.2, -0.15) is 0 Å². The van der Waals surface area contributed by atoms with E-state index in [0.29, 0.717) is 22.5 Å². The predicted octanol–water partition coefficient (Wildman–Crippen LogP) is 5.07. The van der Waals surface area contributed by atoms with Crippen molar-refractivity contribution < 1.29 is 5.11 Å². The molecule has 21 heavy (non-hydrogen) atoms. The van der Waals surface area contributed by atoms with E-state index in [2.05, 4.69) is 11.8 Å². The maximum atomic E-state index is 10.4. The summed E-state index contributed by atoms with van der Waals surface area (Å²) in [7, 11) is 0. The molecule has 2 unspecified atom stereocenters. The number of rotatable bonds is 6. The zero-order chi connectivity index (χ0) is 15.2. The minimum atomic E-state index is -0.541. The highest BCUT2D eigenvalue weighted by atomic mass is 35.5. The van der Waals surface area contributed by atoms with Crippen LogP contribution in [0.2, 0.25) is 10.0 Å². The summed E-state index contributed by atoms with van der Waals surface area (Å²) in [6.45, 7) is 4.32. The SMILES string of the molecule is CCCC1CCCCN1CCC(O)c1cccc(Cl)c1Cl. The Morgan fingerprint density at radius 2 is 2.14 bits per heavy atom. The highest BCUT2D eigenvalue weighted by Crippen LogP contribution is 2.32. The lowest BCUT2D eigenvalue weighted by atomic mass is 9.97. The van der Waals surface area contributed by atoms with E-state index in [9.17, 15) is 5.11 Å². The van der Waals surface area contributed by atoms with Crippen LogP contribution in [0.15, 0.2) is 18.2 Å². The summed E-state index contributed by atoms with van der Waals surface area (Å²) in [6, 6.07) is 6.14.